The van der Waals surface area contributed by atoms with Gasteiger partial charge < -0.3 is 5.11 Å². The van der Waals surface area contributed by atoms with Gasteiger partial charge in [-0.25, -0.2) is 0 Å². The summed E-state index contributed by atoms with van der Waals surface area (Å²) in [7, 11) is 0. The second kappa shape index (κ2) is 15.8. The van der Waals surface area contributed by atoms with Gasteiger partial charge >= 0.3 is 28.3 Å². The number of halogens is 1. The van der Waals surface area contributed by atoms with Crippen LogP contribution in [0.3, 0.4) is 0 Å². The zero-order chi connectivity index (χ0) is 5.58. The van der Waals surface area contributed by atoms with Gasteiger partial charge in [-0.3, -0.25) is 4.79 Å². The second-order valence-corrected chi connectivity index (χ2v) is 0.519. The van der Waals surface area contributed by atoms with Gasteiger partial charge in [0.05, 0.1) is 0 Å². The molecule has 0 bridgehead atoms. The minimum absolute atomic E-state index is 0. The number of carboxylic acid groups (broad SMARTS) is 1. The van der Waals surface area contributed by atoms with E-state index in [1.807, 2.05) is 0 Å². The maximum atomic E-state index is 9.00. The van der Waals surface area contributed by atoms with Crippen LogP contribution in [0.15, 0.2) is 0 Å². The molecule has 1 N–H and O–H groups in total. The fraction of sp³-hybridized carbons (Fsp3) is 0.500. The Morgan fingerprint density at radius 3 is 1.71 bits per heavy atom. The maximum absolute atomic E-state index is 9.00. The van der Waals surface area contributed by atoms with E-state index in [9.17, 15) is 0 Å². The Labute approximate surface area is 67.8 Å². The van der Waals surface area contributed by atoms with Crippen LogP contribution in [0.5, 0.6) is 0 Å². The van der Waals surface area contributed by atoms with E-state index in [4.69, 9.17) is 9.90 Å². The third-order valence-electron chi connectivity index (χ3n) is 0. The Morgan fingerprint density at radius 1 is 1.71 bits per heavy atom. The van der Waals surface area contributed by atoms with Crippen LogP contribution in [0.4, 0.5) is 0 Å². The first-order valence-electron chi connectivity index (χ1n) is 1.07. The van der Waals surface area contributed by atoms with Crippen LogP contribution < -0.4 is 0 Å². The van der Waals surface area contributed by atoms with E-state index in [0.717, 1.165) is 6.92 Å². The first-order chi connectivity index (χ1) is 2.73. The summed E-state index contributed by atoms with van der Waals surface area (Å²) in [6.07, 6.45) is 0. The fourth-order valence-corrected chi connectivity index (χ4v) is 0. The standard InChI is InChI=1S/C2H4O2.BrH.Co.Mn/c1-2(3)4;;;/h1H3,(H,3,4);1H;;/q;;;+1/p-1. The Kier molecular flexibility index (Phi) is 35.3. The van der Waals surface area contributed by atoms with E-state index in [1.165, 1.54) is 0 Å². The molecule has 0 rings (SSSR count). The zero-order valence-electron chi connectivity index (χ0n) is 3.44. The number of rotatable bonds is 0. The Bertz CT molecular complexity index is 38.7. The summed E-state index contributed by atoms with van der Waals surface area (Å²) >= 11 is 5.50. The third kappa shape index (κ3) is 181. The van der Waals surface area contributed by atoms with Crippen LogP contribution in [0.2, 0.25) is 0 Å². The Morgan fingerprint density at radius 2 is 1.71 bits per heavy atom. The predicted molar refractivity (Wildman–Crippen MR) is 22.2 cm³/mol. The number of hydrogen-bond acceptors (Lipinski definition) is 1. The molecule has 0 saturated heterocycles. The summed E-state index contributed by atoms with van der Waals surface area (Å²) in [5.74, 6) is -0.833. The van der Waals surface area contributed by atoms with Gasteiger partial charge in [0.2, 0.25) is 0 Å². The molecular weight excluding hydrogens is 250 g/mol. The molecule has 47 valence electrons. The van der Waals surface area contributed by atoms with Gasteiger partial charge in [-0.1, -0.05) is 0 Å². The van der Waals surface area contributed by atoms with Crippen LogP contribution in [-0.4, -0.2) is 11.1 Å². The normalized spacial score (nSPS) is 4.43. The Balaban J connectivity index is -0.0000000480. The van der Waals surface area contributed by atoms with E-state index < -0.39 is 5.97 Å². The van der Waals surface area contributed by atoms with Crippen molar-refractivity contribution in [1.82, 2.24) is 0 Å². The molecule has 0 amide bonds. The van der Waals surface area contributed by atoms with Crippen LogP contribution >= 0.6 is 14.1 Å². The predicted octanol–water partition coefficient (Wildman–Crippen LogP) is 0.931. The summed E-state index contributed by atoms with van der Waals surface area (Å²) in [5, 5.41) is 7.42. The zero-order valence-corrected chi connectivity index (χ0v) is 7.25. The summed E-state index contributed by atoms with van der Waals surface area (Å²) < 4.78 is 0. The molecule has 0 aromatic carbocycles. The number of carbonyl (C=O) groups is 1. The average Bonchev–Trinajstić information content (AvgIpc) is 1.41. The number of carboxylic acids is 1. The van der Waals surface area contributed by atoms with E-state index in [0.29, 0.717) is 0 Å². The van der Waals surface area contributed by atoms with Crippen molar-refractivity contribution in [2.24, 2.45) is 0 Å². The van der Waals surface area contributed by atoms with E-state index in [-0.39, 0.29) is 16.8 Å². The third-order valence-corrected chi connectivity index (χ3v) is 0. The van der Waals surface area contributed by atoms with Gasteiger partial charge in [-0.15, -0.1) is 0 Å². The molecule has 0 unspecified atom stereocenters. The molecule has 0 saturated carbocycles. The minimum atomic E-state index is -0.833. The van der Waals surface area contributed by atoms with Crippen molar-refractivity contribution in [3.63, 3.8) is 0 Å². The first-order valence-corrected chi connectivity index (χ1v) is 3.99. The molecule has 0 aromatic rings. The quantitative estimate of drug-likeness (QED) is 0.653. The molecule has 0 fully saturated rings. The van der Waals surface area contributed by atoms with Crippen molar-refractivity contribution in [3.05, 3.63) is 0 Å². The topological polar surface area (TPSA) is 37.3 Å². The fourth-order valence-electron chi connectivity index (χ4n) is 0. The van der Waals surface area contributed by atoms with Gasteiger partial charge in [0.15, 0.2) is 0 Å². The number of hydrogen-bond donors (Lipinski definition) is 1. The van der Waals surface area contributed by atoms with Gasteiger partial charge in [-0.05, 0) is 0 Å². The van der Waals surface area contributed by atoms with Crippen LogP contribution in [0, 0.1) is 0 Å². The number of aliphatic carboxylic acids is 1. The molecule has 2 nitrogen and oxygen atoms in total. The second-order valence-electron chi connectivity index (χ2n) is 0.519. The molecule has 0 atom stereocenters. The van der Waals surface area contributed by atoms with Crippen molar-refractivity contribution >= 4 is 20.1 Å². The molecule has 7 heavy (non-hydrogen) atoms. The van der Waals surface area contributed by atoms with Gasteiger partial charge in [-0.2, -0.15) is 0 Å². The van der Waals surface area contributed by atoms with Crippen molar-refractivity contribution < 1.29 is 40.9 Å². The van der Waals surface area contributed by atoms with Crippen LogP contribution in [-0.2, 0) is 35.8 Å². The molecule has 0 aliphatic carbocycles. The molecule has 0 aromatic heterocycles. The van der Waals surface area contributed by atoms with Gasteiger partial charge in [0.25, 0.3) is 5.97 Å². The van der Waals surface area contributed by atoms with Crippen molar-refractivity contribution in [2.45, 2.75) is 6.92 Å². The van der Waals surface area contributed by atoms with Crippen LogP contribution in [0.1, 0.15) is 6.92 Å². The van der Waals surface area contributed by atoms with E-state index in [1.54, 1.807) is 0 Å². The van der Waals surface area contributed by atoms with E-state index >= 15 is 0 Å². The van der Waals surface area contributed by atoms with Crippen molar-refractivity contribution in [1.29, 1.82) is 0 Å². The Hall–Kier alpha value is 0.976. The monoisotopic (exact) mass is 253 g/mol. The molecule has 5 heteroatoms. The molecular formula is C2H4BrCoMnO2. The summed E-state index contributed by atoms with van der Waals surface area (Å²) in [4.78, 5) is 9.00. The van der Waals surface area contributed by atoms with Gasteiger partial charge in [0, 0.05) is 23.7 Å². The van der Waals surface area contributed by atoms with Crippen LogP contribution in [0.25, 0.3) is 0 Å². The molecule has 1 radical (unpaired) electrons. The first kappa shape index (κ1) is 15.7. The summed E-state index contributed by atoms with van der Waals surface area (Å²) in [6, 6.07) is 0. The summed E-state index contributed by atoms with van der Waals surface area (Å²) in [6.45, 7) is 1.08. The summed E-state index contributed by atoms with van der Waals surface area (Å²) in [5.41, 5.74) is 0. The van der Waals surface area contributed by atoms with Crippen molar-refractivity contribution in [3.8, 4) is 0 Å². The SMILES string of the molecule is CC(=O)O.[Co].[Mn][Br]. The van der Waals surface area contributed by atoms with E-state index in [2.05, 4.69) is 28.3 Å². The molecule has 0 aliphatic heterocycles. The molecule has 0 heterocycles. The molecule has 0 spiro atoms. The average molecular weight is 254 g/mol. The van der Waals surface area contributed by atoms with Crippen molar-refractivity contribution in [2.75, 3.05) is 0 Å². The van der Waals surface area contributed by atoms with Gasteiger partial charge in [0.1, 0.15) is 0 Å². The molecule has 0 aliphatic rings.